The van der Waals surface area contributed by atoms with Gasteiger partial charge in [0.2, 0.25) is 0 Å². The number of ether oxygens (including phenoxy) is 5. The number of hydrogen-bond acceptors (Lipinski definition) is 10. The van der Waals surface area contributed by atoms with Gasteiger partial charge in [-0.15, -0.1) is 0 Å². The molecule has 620 valence electrons. The number of unbranched alkanes of at least 4 members (excludes halogenated alkanes) is 10. The summed E-state index contributed by atoms with van der Waals surface area (Å²) < 4.78 is 30.5. The second-order valence-corrected chi connectivity index (χ2v) is 37.7. The lowest BCUT2D eigenvalue weighted by Crippen LogP contribution is -2.55. The third kappa shape index (κ3) is 24.6. The van der Waals surface area contributed by atoms with Crippen molar-refractivity contribution in [2.75, 3.05) is 13.7 Å². The molecule has 7 aliphatic rings. The summed E-state index contributed by atoms with van der Waals surface area (Å²) in [6.45, 7) is 17.9. The SMILES string of the molecule is CCCCCC1CCC(c2ccc(Br)cc2)CC1.CCCCCC1CCC(c2ccc(C(O)(c3ccc(C4CCC(CCCCC)CC4)cc3)[C@@H]3OC(C)(C)O[C@H]3C(O)(c3ccc(C4CCC(CCCCC)CC4)cc3)c3ccc(C4CCC(CCCCC)CC4)cc3)cc2)CC1.COC(=O)[C@H]1OC(C)(C)O[C@@H]1C(=O)CO. The van der Waals surface area contributed by atoms with Crippen LogP contribution in [0.3, 0.4) is 0 Å². The van der Waals surface area contributed by atoms with Crippen molar-refractivity contribution in [2.24, 2.45) is 29.6 Å². The molecule has 11 heteroatoms. The zero-order valence-corrected chi connectivity index (χ0v) is 72.8. The molecule has 112 heavy (non-hydrogen) atoms. The normalized spacial score (nSPS) is 28.2. The molecule has 5 aliphatic carbocycles. The minimum Gasteiger partial charge on any atom is -0.467 e. The molecule has 0 aromatic heterocycles. The molecule has 10 nitrogen and oxygen atoms in total. The molecule has 2 aliphatic heterocycles. The molecule has 4 atom stereocenters. The summed E-state index contributed by atoms with van der Waals surface area (Å²) in [5, 5.41) is 37.3. The zero-order chi connectivity index (χ0) is 79.7. The zero-order valence-electron chi connectivity index (χ0n) is 71.2. The number of aliphatic hydroxyl groups excluding tert-OH is 1. The molecule has 5 aromatic rings. The number of halogens is 1. The Bertz CT molecular complexity index is 3150. The Morgan fingerprint density at radius 1 is 0.357 bits per heavy atom. The highest BCUT2D eigenvalue weighted by atomic mass is 79.9. The minimum absolute atomic E-state index is 0.529. The van der Waals surface area contributed by atoms with E-state index in [0.717, 1.165) is 57.8 Å². The smallest absolute Gasteiger partial charge is 0.338 e. The number of aliphatic hydroxyl groups is 3. The predicted molar refractivity (Wildman–Crippen MR) is 462 cm³/mol. The van der Waals surface area contributed by atoms with Crippen LogP contribution in [0.5, 0.6) is 0 Å². The molecule has 0 spiro atoms. The third-order valence-electron chi connectivity index (χ3n) is 27.9. The monoisotopic (exact) mass is 1600 g/mol. The lowest BCUT2D eigenvalue weighted by Gasteiger charge is -2.43. The van der Waals surface area contributed by atoms with Crippen molar-refractivity contribution in [3.63, 3.8) is 0 Å². The van der Waals surface area contributed by atoms with Crippen LogP contribution in [0.25, 0.3) is 0 Å². The van der Waals surface area contributed by atoms with Gasteiger partial charge in [0.05, 0.1) is 7.11 Å². The van der Waals surface area contributed by atoms with Crippen LogP contribution in [0.2, 0.25) is 0 Å². The van der Waals surface area contributed by atoms with Gasteiger partial charge in [-0.05, 0) is 277 Å². The molecule has 3 N–H and O–H groups in total. The number of ketones is 1. The second-order valence-electron chi connectivity index (χ2n) is 36.7. The number of benzene rings is 5. The van der Waals surface area contributed by atoms with Crippen molar-refractivity contribution in [1.82, 2.24) is 0 Å². The quantitative estimate of drug-likeness (QED) is 0.0269. The summed E-state index contributed by atoms with van der Waals surface area (Å²) in [7, 11) is 1.19. The van der Waals surface area contributed by atoms with E-state index in [9.17, 15) is 19.8 Å². The fourth-order valence-electron chi connectivity index (χ4n) is 20.8. The number of carbonyl (C=O) groups excluding carboxylic acids is 2. The maximum atomic E-state index is 14.3. The van der Waals surface area contributed by atoms with Crippen LogP contribution in [-0.2, 0) is 44.5 Å². The van der Waals surface area contributed by atoms with Gasteiger partial charge < -0.3 is 39.0 Å². The highest BCUT2D eigenvalue weighted by molar-refractivity contribution is 9.10. The Kier molecular flexibility index (Phi) is 35.5. The third-order valence-corrected chi connectivity index (χ3v) is 28.4. The van der Waals surface area contributed by atoms with Gasteiger partial charge in [-0.3, -0.25) is 4.79 Å². The summed E-state index contributed by atoms with van der Waals surface area (Å²) in [5.74, 6) is 3.92. The maximum absolute atomic E-state index is 14.3. The molecular weight excluding hydrogens is 1450 g/mol. The lowest BCUT2D eigenvalue weighted by atomic mass is 9.70. The van der Waals surface area contributed by atoms with Crippen LogP contribution in [0.15, 0.2) is 126 Å². The van der Waals surface area contributed by atoms with Gasteiger partial charge in [0.1, 0.15) is 30.0 Å². The number of hydrogen-bond donors (Lipinski definition) is 3. The molecular formula is C101H149BrO10. The first-order chi connectivity index (χ1) is 54.1. The van der Waals surface area contributed by atoms with E-state index in [1.807, 2.05) is 13.8 Å². The fourth-order valence-corrected chi connectivity index (χ4v) is 21.1. The van der Waals surface area contributed by atoms with Crippen LogP contribution >= 0.6 is 15.9 Å². The molecule has 12 rings (SSSR count). The van der Waals surface area contributed by atoms with Gasteiger partial charge in [-0.25, -0.2) is 4.79 Å². The van der Waals surface area contributed by atoms with Crippen LogP contribution in [-0.4, -0.2) is 76.8 Å². The maximum Gasteiger partial charge on any atom is 0.338 e. The van der Waals surface area contributed by atoms with Crippen molar-refractivity contribution in [2.45, 2.75) is 396 Å². The molecule has 0 unspecified atom stereocenters. The van der Waals surface area contributed by atoms with E-state index >= 15 is 0 Å². The average molecular weight is 1600 g/mol. The Hall–Kier alpha value is -4.56. The Morgan fingerprint density at radius 2 is 0.580 bits per heavy atom. The first kappa shape index (κ1) is 89.8. The Balaban J connectivity index is 0.000000329. The largest absolute Gasteiger partial charge is 0.467 e. The Morgan fingerprint density at radius 3 is 0.804 bits per heavy atom. The minimum atomic E-state index is -1.66. The molecule has 5 saturated carbocycles. The summed E-state index contributed by atoms with van der Waals surface area (Å²) >= 11 is 3.51. The van der Waals surface area contributed by atoms with E-state index in [2.05, 4.69) is 177 Å². The van der Waals surface area contributed by atoms with Gasteiger partial charge in [-0.2, -0.15) is 0 Å². The highest BCUT2D eigenvalue weighted by Gasteiger charge is 2.61. The molecule has 2 saturated heterocycles. The van der Waals surface area contributed by atoms with Gasteiger partial charge >= 0.3 is 5.97 Å². The molecule has 7 fully saturated rings. The topological polar surface area (TPSA) is 141 Å². The number of methoxy groups -OCH3 is 1. The van der Waals surface area contributed by atoms with E-state index in [1.54, 1.807) is 19.4 Å². The van der Waals surface area contributed by atoms with E-state index in [0.29, 0.717) is 23.7 Å². The van der Waals surface area contributed by atoms with E-state index in [-0.39, 0.29) is 0 Å². The molecule has 5 aromatic carbocycles. The lowest BCUT2D eigenvalue weighted by molar-refractivity contribution is -0.172. The van der Waals surface area contributed by atoms with E-state index in [4.69, 9.17) is 24.1 Å². The second kappa shape index (κ2) is 44.3. The summed E-state index contributed by atoms with van der Waals surface area (Å²) in [6, 6.07) is 44.8. The molecule has 0 radical (unpaired) electrons. The summed E-state index contributed by atoms with van der Waals surface area (Å²) in [4.78, 5) is 22.5. The van der Waals surface area contributed by atoms with Crippen LogP contribution in [0, 0.1) is 29.6 Å². The molecule has 0 amide bonds. The standard InChI is InChI=1S/C75H110O4.C17H25Br.C9H14O6/c1-7-11-15-19-55-23-31-59(32-24-55)63-39-47-67(48-40-63)74(76,68-49-41-64(42-50-68)60-33-25-56(26-34-60)20-16-12-8-2)71-72(79-73(5,6)78-71)75(77,69-51-43-65(44-52-69)61-35-27-57(28-36-61)21-17-13-9-3)70-53-45-66(46-54-70)62-37-29-58(30-38-62)22-18-14-10-4;1-2-3-4-5-14-6-8-15(9-7-14)16-10-12-17(18)13-11-16;1-9(2)14-6(5(11)4-10)7(15-9)8(12)13-3/h39-62,71-72,76-77H,7-38H2,1-6H3;10-15H,2-9H2,1H3;6-7,10H,4H2,1-3H3/t55?,56?,57?,58?,59?,60?,61?,62?,71-,72-,74?,75?;;6-,7+/m1.1/s1. The molecule has 2 heterocycles. The summed E-state index contributed by atoms with van der Waals surface area (Å²) in [6.07, 6.45) is 48.9. The number of esters is 1. The summed E-state index contributed by atoms with van der Waals surface area (Å²) in [5.41, 5.74) is 6.81. The van der Waals surface area contributed by atoms with E-state index < -0.39 is 65.6 Å². The fraction of sp³-hybridized carbons (Fsp3) is 0.683. The van der Waals surface area contributed by atoms with Crippen molar-refractivity contribution in [1.29, 1.82) is 0 Å². The predicted octanol–water partition coefficient (Wildman–Crippen LogP) is 26.3. The van der Waals surface area contributed by atoms with Crippen LogP contribution in [0.4, 0.5) is 0 Å². The number of Topliss-reactive ketones (excluding diaryl/α,β-unsaturated/α-hetero) is 1. The van der Waals surface area contributed by atoms with Crippen molar-refractivity contribution in [3.05, 3.63) is 176 Å². The first-order valence-corrected chi connectivity index (χ1v) is 46.5. The Labute approximate surface area is 687 Å². The van der Waals surface area contributed by atoms with Gasteiger partial charge in [0.25, 0.3) is 0 Å². The van der Waals surface area contributed by atoms with Crippen molar-refractivity contribution in [3.8, 4) is 0 Å². The molecule has 0 bridgehead atoms. The van der Waals surface area contributed by atoms with Gasteiger partial charge in [0, 0.05) is 4.47 Å². The van der Waals surface area contributed by atoms with Crippen LogP contribution < -0.4 is 0 Å². The van der Waals surface area contributed by atoms with Crippen LogP contribution in [0.1, 0.15) is 399 Å². The number of carbonyl (C=O) groups is 2. The average Bonchev–Trinajstić information content (AvgIpc) is 1.51. The van der Waals surface area contributed by atoms with Gasteiger partial charge in [0.15, 0.2) is 29.6 Å². The first-order valence-electron chi connectivity index (χ1n) is 45.7. The van der Waals surface area contributed by atoms with Crippen molar-refractivity contribution < 1.29 is 48.6 Å². The van der Waals surface area contributed by atoms with E-state index in [1.165, 1.54) is 291 Å². The van der Waals surface area contributed by atoms with Crippen molar-refractivity contribution >= 4 is 27.7 Å². The van der Waals surface area contributed by atoms with Gasteiger partial charge in [-0.1, -0.05) is 288 Å². The number of rotatable bonds is 34. The highest BCUT2D eigenvalue weighted by Crippen LogP contribution is 2.53.